The van der Waals surface area contributed by atoms with E-state index in [2.05, 4.69) is 16.8 Å². The molecule has 1 aromatic heterocycles. The van der Waals surface area contributed by atoms with Gasteiger partial charge in [0.2, 0.25) is 0 Å². The maximum Gasteiger partial charge on any atom is 0.151 e. The first-order valence-corrected chi connectivity index (χ1v) is 5.71. The molecule has 4 nitrogen and oxygen atoms in total. The molecule has 2 heterocycles. The summed E-state index contributed by atoms with van der Waals surface area (Å²) < 4.78 is 0. The van der Waals surface area contributed by atoms with E-state index in [4.69, 9.17) is 5.73 Å². The number of nitrogens with two attached hydrogens (primary N) is 1. The van der Waals surface area contributed by atoms with Crippen molar-refractivity contribution in [2.75, 3.05) is 30.3 Å². The van der Waals surface area contributed by atoms with Crippen LogP contribution in [0.25, 0.3) is 0 Å². The average molecular weight is 221 g/mol. The molecule has 2 rings (SSSR count). The number of aromatic nitrogens is 1. The molecule has 4 heteroatoms. The van der Waals surface area contributed by atoms with E-state index < -0.39 is 0 Å². The van der Waals surface area contributed by atoms with Crippen LogP contribution in [0.5, 0.6) is 0 Å². The van der Waals surface area contributed by atoms with Crippen molar-refractivity contribution >= 4 is 11.5 Å². The first-order valence-electron chi connectivity index (χ1n) is 5.71. The Bertz CT molecular complexity index is 359. The Morgan fingerprint density at radius 3 is 2.75 bits per heavy atom. The molecule has 1 aliphatic rings. The van der Waals surface area contributed by atoms with E-state index in [1.807, 2.05) is 12.1 Å². The summed E-state index contributed by atoms with van der Waals surface area (Å²) in [5.74, 6) is 0.877. The second-order valence-electron chi connectivity index (χ2n) is 4.87. The molecular formula is C12H19N3O. The lowest BCUT2D eigenvalue weighted by Crippen LogP contribution is -2.41. The van der Waals surface area contributed by atoms with Crippen molar-refractivity contribution in [3.8, 4) is 0 Å². The number of pyridine rings is 1. The van der Waals surface area contributed by atoms with Crippen molar-refractivity contribution in [3.63, 3.8) is 0 Å². The van der Waals surface area contributed by atoms with Gasteiger partial charge in [-0.1, -0.05) is 6.92 Å². The van der Waals surface area contributed by atoms with Gasteiger partial charge in [-0.05, 0) is 30.4 Å². The molecule has 0 bridgehead atoms. The number of aliphatic hydroxyl groups is 1. The molecule has 16 heavy (non-hydrogen) atoms. The smallest absolute Gasteiger partial charge is 0.151 e. The summed E-state index contributed by atoms with van der Waals surface area (Å²) >= 11 is 0. The van der Waals surface area contributed by atoms with Crippen molar-refractivity contribution in [2.45, 2.75) is 19.8 Å². The van der Waals surface area contributed by atoms with Crippen LogP contribution < -0.4 is 10.6 Å². The fraction of sp³-hybridized carbons (Fsp3) is 0.583. The molecule has 1 aliphatic heterocycles. The van der Waals surface area contributed by atoms with E-state index in [9.17, 15) is 5.11 Å². The van der Waals surface area contributed by atoms with Crippen molar-refractivity contribution in [3.05, 3.63) is 18.3 Å². The summed E-state index contributed by atoms with van der Waals surface area (Å²) in [5, 5.41) is 9.30. The highest BCUT2D eigenvalue weighted by Gasteiger charge is 2.30. The minimum atomic E-state index is 0.0695. The predicted molar refractivity (Wildman–Crippen MR) is 65.3 cm³/mol. The summed E-state index contributed by atoms with van der Waals surface area (Å²) in [6.45, 7) is 4.22. The monoisotopic (exact) mass is 221 g/mol. The van der Waals surface area contributed by atoms with E-state index in [-0.39, 0.29) is 12.0 Å². The normalized spacial score (nSPS) is 19.8. The Balaban J connectivity index is 2.07. The predicted octanol–water partition coefficient (Wildman–Crippen LogP) is 1.26. The van der Waals surface area contributed by atoms with Gasteiger partial charge in [0, 0.05) is 25.9 Å². The molecule has 1 fully saturated rings. The Labute approximate surface area is 96.1 Å². The van der Waals surface area contributed by atoms with Crippen molar-refractivity contribution in [2.24, 2.45) is 5.41 Å². The molecule has 0 aromatic carbocycles. The third kappa shape index (κ3) is 2.11. The maximum absolute atomic E-state index is 9.30. The molecule has 3 N–H and O–H groups in total. The van der Waals surface area contributed by atoms with Gasteiger partial charge >= 0.3 is 0 Å². The van der Waals surface area contributed by atoms with Gasteiger partial charge < -0.3 is 15.7 Å². The van der Waals surface area contributed by atoms with E-state index in [0.29, 0.717) is 0 Å². The zero-order valence-electron chi connectivity index (χ0n) is 9.69. The number of nitrogen functional groups attached to an aromatic ring is 1. The molecule has 0 amide bonds. The van der Waals surface area contributed by atoms with E-state index in [1.54, 1.807) is 6.20 Å². The molecule has 0 unspecified atom stereocenters. The van der Waals surface area contributed by atoms with Gasteiger partial charge in [0.05, 0.1) is 5.69 Å². The first-order chi connectivity index (χ1) is 7.64. The second-order valence-corrected chi connectivity index (χ2v) is 4.87. The Morgan fingerprint density at radius 2 is 2.19 bits per heavy atom. The van der Waals surface area contributed by atoms with Gasteiger partial charge in [0.25, 0.3) is 0 Å². The average Bonchev–Trinajstić information content (AvgIpc) is 2.31. The minimum absolute atomic E-state index is 0.0695. The molecule has 1 saturated heterocycles. The molecule has 88 valence electrons. The van der Waals surface area contributed by atoms with Crippen molar-refractivity contribution in [1.82, 2.24) is 4.98 Å². The fourth-order valence-electron chi connectivity index (χ4n) is 2.09. The van der Waals surface area contributed by atoms with Crippen LogP contribution in [0.15, 0.2) is 18.3 Å². The Hall–Kier alpha value is -1.29. The topological polar surface area (TPSA) is 62.4 Å². The SMILES string of the molecule is CC1(CO)CCN(c2ncccc2N)CC1. The fourth-order valence-corrected chi connectivity index (χ4v) is 2.09. The number of rotatable bonds is 2. The van der Waals surface area contributed by atoms with E-state index >= 15 is 0 Å². The first kappa shape index (κ1) is 11.2. The zero-order chi connectivity index (χ0) is 11.6. The number of piperidine rings is 1. The standard InChI is InChI=1S/C12H19N3O/c1-12(9-16)4-7-15(8-5-12)11-10(13)3-2-6-14-11/h2-3,6,16H,4-5,7-9,13H2,1H3. The lowest BCUT2D eigenvalue weighted by molar-refractivity contribution is 0.114. The minimum Gasteiger partial charge on any atom is -0.396 e. The maximum atomic E-state index is 9.30. The lowest BCUT2D eigenvalue weighted by atomic mass is 9.81. The molecule has 0 saturated carbocycles. The third-order valence-electron chi connectivity index (χ3n) is 3.47. The highest BCUT2D eigenvalue weighted by Crippen LogP contribution is 2.33. The molecule has 1 aromatic rings. The van der Waals surface area contributed by atoms with Crippen LogP contribution in [-0.4, -0.2) is 29.8 Å². The molecule has 0 radical (unpaired) electrons. The van der Waals surface area contributed by atoms with E-state index in [1.165, 1.54) is 0 Å². The summed E-state index contributed by atoms with van der Waals surface area (Å²) in [4.78, 5) is 6.52. The van der Waals surface area contributed by atoms with E-state index in [0.717, 1.165) is 37.4 Å². The van der Waals surface area contributed by atoms with Crippen molar-refractivity contribution < 1.29 is 5.11 Å². The van der Waals surface area contributed by atoms with Crippen LogP contribution in [0.4, 0.5) is 11.5 Å². The number of hydrogen-bond donors (Lipinski definition) is 2. The zero-order valence-corrected chi connectivity index (χ0v) is 9.69. The van der Waals surface area contributed by atoms with Crippen molar-refractivity contribution in [1.29, 1.82) is 0 Å². The number of aliphatic hydroxyl groups excluding tert-OH is 1. The van der Waals surface area contributed by atoms with Crippen LogP contribution in [-0.2, 0) is 0 Å². The summed E-state index contributed by atoms with van der Waals surface area (Å²) in [6.07, 6.45) is 3.74. The lowest BCUT2D eigenvalue weighted by Gasteiger charge is -2.39. The highest BCUT2D eigenvalue weighted by atomic mass is 16.3. The Morgan fingerprint density at radius 1 is 1.50 bits per heavy atom. The second kappa shape index (κ2) is 4.29. The van der Waals surface area contributed by atoms with Crippen LogP contribution in [0.1, 0.15) is 19.8 Å². The number of hydrogen-bond acceptors (Lipinski definition) is 4. The van der Waals surface area contributed by atoms with Crippen LogP contribution in [0.2, 0.25) is 0 Å². The van der Waals surface area contributed by atoms with Gasteiger partial charge in [-0.15, -0.1) is 0 Å². The summed E-state index contributed by atoms with van der Waals surface area (Å²) in [7, 11) is 0. The Kier molecular flexibility index (Phi) is 3.01. The van der Waals surface area contributed by atoms with Gasteiger partial charge in [-0.25, -0.2) is 4.98 Å². The third-order valence-corrected chi connectivity index (χ3v) is 3.47. The van der Waals surface area contributed by atoms with Crippen LogP contribution in [0, 0.1) is 5.41 Å². The quantitative estimate of drug-likeness (QED) is 0.789. The molecule has 0 atom stereocenters. The molecular weight excluding hydrogens is 202 g/mol. The van der Waals surface area contributed by atoms with Crippen LogP contribution in [0.3, 0.4) is 0 Å². The largest absolute Gasteiger partial charge is 0.396 e. The van der Waals surface area contributed by atoms with Gasteiger partial charge in [-0.3, -0.25) is 0 Å². The number of anilines is 2. The van der Waals surface area contributed by atoms with Gasteiger partial charge in [0.15, 0.2) is 5.82 Å². The molecule has 0 spiro atoms. The van der Waals surface area contributed by atoms with Crippen LogP contribution >= 0.6 is 0 Å². The molecule has 0 aliphatic carbocycles. The summed E-state index contributed by atoms with van der Waals surface area (Å²) in [6, 6.07) is 3.72. The van der Waals surface area contributed by atoms with Gasteiger partial charge in [0.1, 0.15) is 0 Å². The highest BCUT2D eigenvalue weighted by molar-refractivity contribution is 5.62. The van der Waals surface area contributed by atoms with Gasteiger partial charge in [-0.2, -0.15) is 0 Å². The number of nitrogens with zero attached hydrogens (tertiary/aromatic N) is 2. The summed E-state index contributed by atoms with van der Waals surface area (Å²) in [5.41, 5.74) is 6.70.